The van der Waals surface area contributed by atoms with Gasteiger partial charge in [-0.25, -0.2) is 13.1 Å². The number of sulfonamides is 1. The number of aliphatic hydroxyl groups is 1. The van der Waals surface area contributed by atoms with E-state index in [1.165, 1.54) is 0 Å². The van der Waals surface area contributed by atoms with E-state index in [-0.39, 0.29) is 18.2 Å². The lowest BCUT2D eigenvalue weighted by Gasteiger charge is -2.08. The molecule has 8 heteroatoms. The van der Waals surface area contributed by atoms with Crippen molar-refractivity contribution >= 4 is 10.0 Å². The second kappa shape index (κ2) is 7.72. The Labute approximate surface area is 119 Å². The highest BCUT2D eigenvalue weighted by molar-refractivity contribution is 7.89. The summed E-state index contributed by atoms with van der Waals surface area (Å²) < 4.78 is 31.7. The zero-order valence-corrected chi connectivity index (χ0v) is 13.0. The summed E-state index contributed by atoms with van der Waals surface area (Å²) in [6.07, 6.45) is 0.944. The first kappa shape index (κ1) is 17.1. The highest BCUT2D eigenvalue weighted by atomic mass is 32.2. The Morgan fingerprint density at radius 2 is 2.10 bits per heavy atom. The van der Waals surface area contributed by atoms with Crippen LogP contribution >= 0.6 is 0 Å². The van der Waals surface area contributed by atoms with Gasteiger partial charge in [-0.2, -0.15) is 5.10 Å². The quantitative estimate of drug-likeness (QED) is 0.578. The van der Waals surface area contributed by atoms with E-state index in [1.54, 1.807) is 6.92 Å². The van der Waals surface area contributed by atoms with Crippen molar-refractivity contribution in [3.8, 4) is 0 Å². The van der Waals surface area contributed by atoms with Crippen molar-refractivity contribution in [3.63, 3.8) is 0 Å². The minimum atomic E-state index is -3.72. The van der Waals surface area contributed by atoms with Crippen LogP contribution < -0.4 is 4.72 Å². The Hall–Kier alpha value is -0.960. The molecule has 1 rings (SSSR count). The smallest absolute Gasteiger partial charge is 0.260 e. The molecule has 0 saturated heterocycles. The lowest BCUT2D eigenvalue weighted by atomic mass is 10.1. The summed E-state index contributed by atoms with van der Waals surface area (Å²) in [5.41, 5.74) is 0.833. The molecule has 0 atom stereocenters. The molecule has 0 radical (unpaired) electrons. The maximum Gasteiger partial charge on any atom is 0.260 e. The molecule has 0 aliphatic carbocycles. The SMILES string of the molecule is Cc1[nH]nc(S(=O)(=O)NCCOCCC(C)C)c1CO. The topological polar surface area (TPSA) is 104 Å². The number of rotatable bonds is 9. The fourth-order valence-corrected chi connectivity index (χ4v) is 2.77. The van der Waals surface area contributed by atoms with Gasteiger partial charge in [0.1, 0.15) is 0 Å². The number of aromatic nitrogens is 2. The first-order valence-corrected chi connectivity index (χ1v) is 8.09. The highest BCUT2D eigenvalue weighted by Gasteiger charge is 2.22. The summed E-state index contributed by atoms with van der Waals surface area (Å²) in [5, 5.41) is 15.3. The Bertz CT molecular complexity index is 511. The van der Waals surface area contributed by atoms with E-state index in [0.717, 1.165) is 6.42 Å². The van der Waals surface area contributed by atoms with Gasteiger partial charge in [0.15, 0.2) is 5.03 Å². The molecule has 116 valence electrons. The van der Waals surface area contributed by atoms with Gasteiger partial charge in [-0.05, 0) is 19.3 Å². The molecule has 0 aliphatic heterocycles. The largest absolute Gasteiger partial charge is 0.392 e. The number of hydrogen-bond acceptors (Lipinski definition) is 5. The molecular weight excluding hydrogens is 282 g/mol. The lowest BCUT2D eigenvalue weighted by Crippen LogP contribution is -2.28. The van der Waals surface area contributed by atoms with Gasteiger partial charge in [0.05, 0.1) is 13.2 Å². The van der Waals surface area contributed by atoms with Crippen molar-refractivity contribution in [3.05, 3.63) is 11.3 Å². The van der Waals surface area contributed by atoms with E-state index >= 15 is 0 Å². The third kappa shape index (κ3) is 4.86. The average molecular weight is 305 g/mol. The number of nitrogens with one attached hydrogen (secondary N) is 2. The van der Waals surface area contributed by atoms with Crippen LogP contribution in [0.25, 0.3) is 0 Å². The van der Waals surface area contributed by atoms with Crippen molar-refractivity contribution in [1.82, 2.24) is 14.9 Å². The Kier molecular flexibility index (Phi) is 6.60. The standard InChI is InChI=1S/C12H23N3O4S/c1-9(2)4-6-19-7-5-13-20(17,18)12-11(8-16)10(3)14-15-12/h9,13,16H,4-8H2,1-3H3,(H,14,15). The van der Waals surface area contributed by atoms with Crippen LogP contribution in [0.3, 0.4) is 0 Å². The zero-order valence-electron chi connectivity index (χ0n) is 12.1. The van der Waals surface area contributed by atoms with Crippen molar-refractivity contribution in [2.24, 2.45) is 5.92 Å². The zero-order chi connectivity index (χ0) is 15.2. The number of hydrogen-bond donors (Lipinski definition) is 3. The third-order valence-corrected chi connectivity index (χ3v) is 4.26. The molecule has 0 aliphatic rings. The molecule has 0 fully saturated rings. The van der Waals surface area contributed by atoms with Crippen LogP contribution in [0.1, 0.15) is 31.5 Å². The number of aromatic amines is 1. The predicted molar refractivity (Wildman–Crippen MR) is 74.7 cm³/mol. The van der Waals surface area contributed by atoms with Crippen molar-refractivity contribution < 1.29 is 18.3 Å². The molecule has 7 nitrogen and oxygen atoms in total. The van der Waals surface area contributed by atoms with Crippen molar-refractivity contribution in [2.75, 3.05) is 19.8 Å². The number of nitrogens with zero attached hydrogens (tertiary/aromatic N) is 1. The van der Waals surface area contributed by atoms with Crippen molar-refractivity contribution in [1.29, 1.82) is 0 Å². The Morgan fingerprint density at radius 3 is 2.70 bits per heavy atom. The van der Waals surface area contributed by atoms with Gasteiger partial charge in [0, 0.05) is 24.4 Å². The van der Waals surface area contributed by atoms with Crippen LogP contribution in [0.15, 0.2) is 5.03 Å². The number of aryl methyl sites for hydroxylation is 1. The van der Waals surface area contributed by atoms with Crippen LogP contribution in [0.5, 0.6) is 0 Å². The summed E-state index contributed by atoms with van der Waals surface area (Å²) in [4.78, 5) is 0. The maximum absolute atomic E-state index is 12.0. The predicted octanol–water partition coefficient (Wildman–Crippen LogP) is 0.551. The van der Waals surface area contributed by atoms with E-state index in [4.69, 9.17) is 9.84 Å². The summed E-state index contributed by atoms with van der Waals surface area (Å²) in [6, 6.07) is 0. The summed E-state index contributed by atoms with van der Waals surface area (Å²) in [5.74, 6) is 0.561. The molecule has 0 unspecified atom stereocenters. The molecule has 1 aromatic rings. The van der Waals surface area contributed by atoms with Crippen LogP contribution in [-0.4, -0.2) is 43.5 Å². The Balaban J connectivity index is 2.46. The highest BCUT2D eigenvalue weighted by Crippen LogP contribution is 2.15. The van der Waals surface area contributed by atoms with E-state index in [2.05, 4.69) is 28.8 Å². The second-order valence-corrected chi connectivity index (χ2v) is 6.67. The van der Waals surface area contributed by atoms with E-state index in [9.17, 15) is 8.42 Å². The second-order valence-electron chi connectivity index (χ2n) is 4.98. The number of H-pyrrole nitrogens is 1. The summed E-state index contributed by atoms with van der Waals surface area (Å²) in [7, 11) is -3.72. The van der Waals surface area contributed by atoms with Gasteiger partial charge in [-0.1, -0.05) is 13.8 Å². The van der Waals surface area contributed by atoms with Crippen LogP contribution in [0, 0.1) is 12.8 Å². The fraction of sp³-hybridized carbons (Fsp3) is 0.750. The normalized spacial score (nSPS) is 12.2. The van der Waals surface area contributed by atoms with E-state index < -0.39 is 10.0 Å². The van der Waals surface area contributed by atoms with Gasteiger partial charge in [0.2, 0.25) is 0 Å². The molecular formula is C12H23N3O4S. The molecule has 1 heterocycles. The van der Waals surface area contributed by atoms with Gasteiger partial charge in [-0.3, -0.25) is 5.10 Å². The minimum absolute atomic E-state index is 0.153. The third-order valence-electron chi connectivity index (χ3n) is 2.83. The number of aliphatic hydroxyl groups excluding tert-OH is 1. The number of ether oxygens (including phenoxy) is 1. The molecule has 0 spiro atoms. The fourth-order valence-electron chi connectivity index (χ4n) is 1.58. The van der Waals surface area contributed by atoms with Crippen LogP contribution in [-0.2, 0) is 21.4 Å². The van der Waals surface area contributed by atoms with Gasteiger partial charge in [-0.15, -0.1) is 0 Å². The first-order valence-electron chi connectivity index (χ1n) is 6.60. The van der Waals surface area contributed by atoms with Gasteiger partial charge in [0.25, 0.3) is 10.0 Å². The van der Waals surface area contributed by atoms with E-state index in [0.29, 0.717) is 30.4 Å². The average Bonchev–Trinajstić information content (AvgIpc) is 2.75. The maximum atomic E-state index is 12.0. The summed E-state index contributed by atoms with van der Waals surface area (Å²) >= 11 is 0. The first-order chi connectivity index (χ1) is 9.38. The minimum Gasteiger partial charge on any atom is -0.392 e. The molecule has 1 aromatic heterocycles. The monoisotopic (exact) mass is 305 g/mol. The molecule has 3 N–H and O–H groups in total. The summed E-state index contributed by atoms with van der Waals surface area (Å²) in [6.45, 7) is 6.59. The van der Waals surface area contributed by atoms with Crippen LogP contribution in [0.4, 0.5) is 0 Å². The molecule has 0 saturated carbocycles. The molecule has 20 heavy (non-hydrogen) atoms. The molecule has 0 aromatic carbocycles. The van der Waals surface area contributed by atoms with Gasteiger partial charge >= 0.3 is 0 Å². The van der Waals surface area contributed by atoms with Crippen molar-refractivity contribution in [2.45, 2.75) is 38.8 Å². The Morgan fingerprint density at radius 1 is 1.40 bits per heavy atom. The van der Waals surface area contributed by atoms with Crippen LogP contribution in [0.2, 0.25) is 0 Å². The molecule has 0 amide bonds. The lowest BCUT2D eigenvalue weighted by molar-refractivity contribution is 0.128. The van der Waals surface area contributed by atoms with Gasteiger partial charge < -0.3 is 9.84 Å². The van der Waals surface area contributed by atoms with E-state index in [1.807, 2.05) is 0 Å². The molecule has 0 bridgehead atoms.